The van der Waals surface area contributed by atoms with E-state index in [0.29, 0.717) is 6.42 Å². The molecule has 0 aromatic heterocycles. The van der Waals surface area contributed by atoms with Crippen LogP contribution in [0.1, 0.15) is 25.0 Å². The van der Waals surface area contributed by atoms with Gasteiger partial charge in [0.05, 0.1) is 19.6 Å². The molecule has 2 aromatic carbocycles. The highest BCUT2D eigenvalue weighted by Gasteiger charge is 2.22. The summed E-state index contributed by atoms with van der Waals surface area (Å²) in [6, 6.07) is 15.9. The van der Waals surface area contributed by atoms with Crippen molar-refractivity contribution in [2.45, 2.75) is 32.9 Å². The number of carbonyl (C=O) groups is 1. The number of ether oxygens (including phenoxy) is 2. The second-order valence-corrected chi connectivity index (χ2v) is 7.46. The SMILES string of the molecule is COc1cccc(CC(=O)N2CCN(Cc3ccccc3OC(C)C)CC2)c1. The average Bonchev–Trinajstić information content (AvgIpc) is 2.70. The van der Waals surface area contributed by atoms with Crippen LogP contribution in [0.3, 0.4) is 0 Å². The Kier molecular flexibility index (Phi) is 6.93. The third-order valence-electron chi connectivity index (χ3n) is 4.94. The Morgan fingerprint density at radius 1 is 1.04 bits per heavy atom. The Morgan fingerprint density at radius 2 is 1.79 bits per heavy atom. The number of hydrogen-bond acceptors (Lipinski definition) is 4. The van der Waals surface area contributed by atoms with Gasteiger partial charge >= 0.3 is 0 Å². The van der Waals surface area contributed by atoms with Crippen molar-refractivity contribution in [1.29, 1.82) is 0 Å². The van der Waals surface area contributed by atoms with Crippen molar-refractivity contribution in [3.8, 4) is 11.5 Å². The number of piperazine rings is 1. The van der Waals surface area contributed by atoms with Gasteiger partial charge in [0, 0.05) is 38.3 Å². The summed E-state index contributed by atoms with van der Waals surface area (Å²) < 4.78 is 11.2. The molecule has 1 fully saturated rings. The van der Waals surface area contributed by atoms with E-state index in [4.69, 9.17) is 9.47 Å². The molecule has 150 valence electrons. The molecule has 0 saturated carbocycles. The van der Waals surface area contributed by atoms with Crippen LogP contribution in [0.15, 0.2) is 48.5 Å². The fourth-order valence-electron chi connectivity index (χ4n) is 3.47. The van der Waals surface area contributed by atoms with Gasteiger partial charge in [0.15, 0.2) is 0 Å². The molecular weight excluding hydrogens is 352 g/mol. The molecule has 1 amide bonds. The molecule has 0 N–H and O–H groups in total. The van der Waals surface area contributed by atoms with Crippen molar-refractivity contribution in [3.63, 3.8) is 0 Å². The number of rotatable bonds is 7. The van der Waals surface area contributed by atoms with Gasteiger partial charge in [-0.3, -0.25) is 9.69 Å². The number of hydrogen-bond donors (Lipinski definition) is 0. The van der Waals surface area contributed by atoms with Gasteiger partial charge in [-0.25, -0.2) is 0 Å². The van der Waals surface area contributed by atoms with Crippen molar-refractivity contribution < 1.29 is 14.3 Å². The van der Waals surface area contributed by atoms with Gasteiger partial charge < -0.3 is 14.4 Å². The van der Waals surface area contributed by atoms with Crippen LogP contribution in [0.2, 0.25) is 0 Å². The van der Waals surface area contributed by atoms with Gasteiger partial charge in [0.1, 0.15) is 11.5 Å². The Bertz CT molecular complexity index is 783. The number of amides is 1. The lowest BCUT2D eigenvalue weighted by molar-refractivity contribution is -0.132. The van der Waals surface area contributed by atoms with Crippen LogP contribution in [-0.2, 0) is 17.8 Å². The summed E-state index contributed by atoms with van der Waals surface area (Å²) in [5.74, 6) is 1.92. The molecule has 2 aromatic rings. The highest BCUT2D eigenvalue weighted by Crippen LogP contribution is 2.22. The molecule has 1 aliphatic heterocycles. The van der Waals surface area contributed by atoms with Gasteiger partial charge in [-0.1, -0.05) is 30.3 Å². The van der Waals surface area contributed by atoms with Gasteiger partial charge in [-0.05, 0) is 37.6 Å². The Balaban J connectivity index is 1.52. The standard InChI is InChI=1S/C23H30N2O3/c1-18(2)28-22-10-5-4-8-20(22)17-24-11-13-25(14-12-24)23(26)16-19-7-6-9-21(15-19)27-3/h4-10,15,18H,11-14,16-17H2,1-3H3. The molecule has 1 saturated heterocycles. The largest absolute Gasteiger partial charge is 0.497 e. The first kappa shape index (κ1) is 20.2. The number of nitrogens with zero attached hydrogens (tertiary/aromatic N) is 2. The van der Waals surface area contributed by atoms with Crippen LogP contribution in [0.25, 0.3) is 0 Å². The maximum absolute atomic E-state index is 12.7. The minimum absolute atomic E-state index is 0.159. The predicted molar refractivity (Wildman–Crippen MR) is 111 cm³/mol. The zero-order valence-corrected chi connectivity index (χ0v) is 17.1. The number of para-hydroxylation sites is 1. The van der Waals surface area contributed by atoms with Crippen molar-refractivity contribution in [3.05, 3.63) is 59.7 Å². The van der Waals surface area contributed by atoms with Crippen LogP contribution in [0.5, 0.6) is 11.5 Å². The molecule has 5 nitrogen and oxygen atoms in total. The molecular formula is C23H30N2O3. The smallest absolute Gasteiger partial charge is 0.227 e. The molecule has 0 unspecified atom stereocenters. The van der Waals surface area contributed by atoms with Gasteiger partial charge in [-0.15, -0.1) is 0 Å². The third-order valence-corrected chi connectivity index (χ3v) is 4.94. The minimum Gasteiger partial charge on any atom is -0.497 e. The van der Waals surface area contributed by atoms with E-state index in [2.05, 4.69) is 17.0 Å². The first-order valence-corrected chi connectivity index (χ1v) is 9.93. The van der Waals surface area contributed by atoms with E-state index < -0.39 is 0 Å². The predicted octanol–water partition coefficient (Wildman–Crippen LogP) is 3.37. The summed E-state index contributed by atoms with van der Waals surface area (Å²) in [5.41, 5.74) is 2.19. The molecule has 0 atom stereocenters. The normalized spacial score (nSPS) is 14.9. The molecule has 1 aliphatic rings. The highest BCUT2D eigenvalue weighted by atomic mass is 16.5. The maximum atomic E-state index is 12.7. The fourth-order valence-corrected chi connectivity index (χ4v) is 3.47. The van der Waals surface area contributed by atoms with Crippen LogP contribution in [0.4, 0.5) is 0 Å². The van der Waals surface area contributed by atoms with E-state index in [-0.39, 0.29) is 12.0 Å². The molecule has 0 bridgehead atoms. The molecule has 0 spiro atoms. The van der Waals surface area contributed by atoms with E-state index in [1.807, 2.05) is 55.1 Å². The molecule has 0 aliphatic carbocycles. The summed E-state index contributed by atoms with van der Waals surface area (Å²) in [4.78, 5) is 17.0. The number of carbonyl (C=O) groups excluding carboxylic acids is 1. The zero-order valence-electron chi connectivity index (χ0n) is 17.1. The lowest BCUT2D eigenvalue weighted by Crippen LogP contribution is -2.48. The van der Waals surface area contributed by atoms with E-state index >= 15 is 0 Å². The molecule has 3 rings (SSSR count). The first-order chi connectivity index (χ1) is 13.5. The molecule has 1 heterocycles. The summed E-state index contributed by atoms with van der Waals surface area (Å²) in [5, 5.41) is 0. The molecule has 0 radical (unpaired) electrons. The van der Waals surface area contributed by atoms with E-state index in [1.165, 1.54) is 5.56 Å². The van der Waals surface area contributed by atoms with Crippen molar-refractivity contribution in [1.82, 2.24) is 9.80 Å². The highest BCUT2D eigenvalue weighted by molar-refractivity contribution is 5.79. The van der Waals surface area contributed by atoms with Crippen LogP contribution < -0.4 is 9.47 Å². The summed E-state index contributed by atoms with van der Waals surface area (Å²) in [7, 11) is 1.64. The van der Waals surface area contributed by atoms with Crippen LogP contribution in [-0.4, -0.2) is 55.1 Å². The number of benzene rings is 2. The lowest BCUT2D eigenvalue weighted by atomic mass is 10.1. The second kappa shape index (κ2) is 9.60. The Labute approximate surface area is 167 Å². The van der Waals surface area contributed by atoms with Crippen LogP contribution >= 0.6 is 0 Å². The average molecular weight is 383 g/mol. The summed E-state index contributed by atoms with van der Waals surface area (Å²) >= 11 is 0. The summed E-state index contributed by atoms with van der Waals surface area (Å²) in [6.45, 7) is 8.21. The first-order valence-electron chi connectivity index (χ1n) is 9.93. The Morgan fingerprint density at radius 3 is 2.50 bits per heavy atom. The molecule has 5 heteroatoms. The van der Waals surface area contributed by atoms with E-state index in [0.717, 1.165) is 49.8 Å². The van der Waals surface area contributed by atoms with Gasteiger partial charge in [0.25, 0.3) is 0 Å². The minimum atomic E-state index is 0.159. The topological polar surface area (TPSA) is 42.0 Å². The third kappa shape index (κ3) is 5.49. The van der Waals surface area contributed by atoms with Crippen molar-refractivity contribution >= 4 is 5.91 Å². The van der Waals surface area contributed by atoms with Gasteiger partial charge in [-0.2, -0.15) is 0 Å². The van der Waals surface area contributed by atoms with Crippen LogP contribution in [0, 0.1) is 0 Å². The second-order valence-electron chi connectivity index (χ2n) is 7.46. The number of methoxy groups -OCH3 is 1. The van der Waals surface area contributed by atoms with E-state index in [9.17, 15) is 4.79 Å². The van der Waals surface area contributed by atoms with Crippen molar-refractivity contribution in [2.75, 3.05) is 33.3 Å². The lowest BCUT2D eigenvalue weighted by Gasteiger charge is -2.35. The quantitative estimate of drug-likeness (QED) is 0.736. The van der Waals surface area contributed by atoms with E-state index in [1.54, 1.807) is 7.11 Å². The van der Waals surface area contributed by atoms with Gasteiger partial charge in [0.2, 0.25) is 5.91 Å². The Hall–Kier alpha value is -2.53. The van der Waals surface area contributed by atoms with Crippen molar-refractivity contribution in [2.24, 2.45) is 0 Å². The zero-order chi connectivity index (χ0) is 19.9. The maximum Gasteiger partial charge on any atom is 0.227 e. The summed E-state index contributed by atoms with van der Waals surface area (Å²) in [6.07, 6.45) is 0.578. The monoisotopic (exact) mass is 382 g/mol. The fraction of sp³-hybridized carbons (Fsp3) is 0.435. The molecule has 28 heavy (non-hydrogen) atoms.